The minimum absolute atomic E-state index is 0.612. The van der Waals surface area contributed by atoms with Gasteiger partial charge in [0.15, 0.2) is 0 Å². The lowest BCUT2D eigenvalue weighted by atomic mass is 10.4. The molecule has 0 unspecified atom stereocenters. The molecule has 0 amide bonds. The van der Waals surface area contributed by atoms with E-state index in [1.165, 1.54) is 3.58 Å². The zero-order chi connectivity index (χ0) is 8.10. The minimum atomic E-state index is 0.612. The molecule has 11 heavy (non-hydrogen) atoms. The summed E-state index contributed by atoms with van der Waals surface area (Å²) in [6.07, 6.45) is 3.98. The second-order valence-corrected chi connectivity index (χ2v) is 3.99. The minimum Gasteiger partial charge on any atom is -0.493 e. The summed E-state index contributed by atoms with van der Waals surface area (Å²) >= 11 is 2.26. The lowest BCUT2D eigenvalue weighted by Crippen LogP contribution is -2.15. The molecule has 62 valence electrons. The van der Waals surface area contributed by atoms with E-state index in [0.29, 0.717) is 19.8 Å². The van der Waals surface area contributed by atoms with E-state index in [2.05, 4.69) is 22.6 Å². The smallest absolute Gasteiger partial charge is 0.122 e. The second-order valence-electron chi connectivity index (χ2n) is 2.29. The average molecular weight is 266 g/mol. The van der Waals surface area contributed by atoms with Crippen molar-refractivity contribution in [3.63, 3.8) is 0 Å². The second kappa shape index (κ2) is 4.77. The summed E-state index contributed by atoms with van der Waals surface area (Å²) in [7, 11) is 0. The van der Waals surface area contributed by atoms with Crippen molar-refractivity contribution in [2.45, 2.75) is 6.92 Å². The van der Waals surface area contributed by atoms with Crippen molar-refractivity contribution in [2.75, 3.05) is 19.8 Å². The molecule has 1 heterocycles. The lowest BCUT2D eigenvalue weighted by Gasteiger charge is -2.15. The first-order valence-corrected chi connectivity index (χ1v) is 4.60. The van der Waals surface area contributed by atoms with Gasteiger partial charge in [0.25, 0.3) is 0 Å². The Labute approximate surface area is 80.4 Å². The van der Waals surface area contributed by atoms with E-state index in [1.807, 2.05) is 19.1 Å². The van der Waals surface area contributed by atoms with Crippen LogP contribution in [0, 0.1) is 0 Å². The molecule has 0 saturated carbocycles. The van der Waals surface area contributed by atoms with E-state index < -0.39 is 0 Å². The van der Waals surface area contributed by atoms with Crippen molar-refractivity contribution in [3.8, 4) is 0 Å². The first kappa shape index (κ1) is 9.06. The number of allylic oxidation sites excluding steroid dienone is 3. The van der Waals surface area contributed by atoms with E-state index in [4.69, 9.17) is 9.47 Å². The third-order valence-corrected chi connectivity index (χ3v) is 1.62. The molecule has 0 bridgehead atoms. The molecule has 2 nitrogen and oxygen atoms in total. The summed E-state index contributed by atoms with van der Waals surface area (Å²) in [5.41, 5.74) is 0. The van der Waals surface area contributed by atoms with Gasteiger partial charge in [-0.05, 0) is 45.2 Å². The van der Waals surface area contributed by atoms with Crippen LogP contribution < -0.4 is 0 Å². The predicted octanol–water partition coefficient (Wildman–Crippen LogP) is 2.26. The number of rotatable bonds is 1. The Hall–Kier alpha value is -0.0300. The van der Waals surface area contributed by atoms with E-state index in [9.17, 15) is 0 Å². The van der Waals surface area contributed by atoms with Gasteiger partial charge in [0.1, 0.15) is 19.0 Å². The normalized spacial score (nSPS) is 23.5. The summed E-state index contributed by atoms with van der Waals surface area (Å²) in [5, 5.41) is 0. The SMILES string of the molecule is C/C(I)=C\C=C1/COCCO1. The van der Waals surface area contributed by atoms with Gasteiger partial charge < -0.3 is 9.47 Å². The molecule has 1 fully saturated rings. The van der Waals surface area contributed by atoms with Crippen LogP contribution in [0.4, 0.5) is 0 Å². The lowest BCUT2D eigenvalue weighted by molar-refractivity contribution is 0.0135. The summed E-state index contributed by atoms with van der Waals surface area (Å²) in [5.74, 6) is 0.923. The molecule has 1 aliphatic heterocycles. The van der Waals surface area contributed by atoms with Crippen molar-refractivity contribution in [2.24, 2.45) is 0 Å². The summed E-state index contributed by atoms with van der Waals surface area (Å²) in [6.45, 7) is 4.05. The molecule has 1 aliphatic rings. The van der Waals surface area contributed by atoms with Gasteiger partial charge in [-0.2, -0.15) is 0 Å². The topological polar surface area (TPSA) is 18.5 Å². The Morgan fingerprint density at radius 3 is 2.91 bits per heavy atom. The maximum absolute atomic E-state index is 5.32. The van der Waals surface area contributed by atoms with Crippen molar-refractivity contribution in [1.82, 2.24) is 0 Å². The van der Waals surface area contributed by atoms with Crippen molar-refractivity contribution in [1.29, 1.82) is 0 Å². The van der Waals surface area contributed by atoms with Gasteiger partial charge in [0.05, 0.1) is 6.61 Å². The largest absolute Gasteiger partial charge is 0.493 e. The van der Waals surface area contributed by atoms with E-state index >= 15 is 0 Å². The zero-order valence-corrected chi connectivity index (χ0v) is 8.63. The molecule has 1 rings (SSSR count). The fraction of sp³-hybridized carbons (Fsp3) is 0.500. The van der Waals surface area contributed by atoms with Gasteiger partial charge in [-0.3, -0.25) is 0 Å². The standard InChI is InChI=1S/C8H11IO2/c1-7(9)2-3-8-6-10-4-5-11-8/h2-3H,4-6H2,1H3/b7-2+,8-3+. The van der Waals surface area contributed by atoms with Crippen LogP contribution in [0.3, 0.4) is 0 Å². The van der Waals surface area contributed by atoms with Gasteiger partial charge in [-0.25, -0.2) is 0 Å². The van der Waals surface area contributed by atoms with Crippen molar-refractivity contribution < 1.29 is 9.47 Å². The highest BCUT2D eigenvalue weighted by Crippen LogP contribution is 2.08. The number of hydrogen-bond acceptors (Lipinski definition) is 2. The Kier molecular flexibility index (Phi) is 3.93. The van der Waals surface area contributed by atoms with Crippen LogP contribution in [-0.2, 0) is 9.47 Å². The highest BCUT2D eigenvalue weighted by atomic mass is 127. The fourth-order valence-electron chi connectivity index (χ4n) is 0.750. The highest BCUT2D eigenvalue weighted by molar-refractivity contribution is 14.1. The molecular formula is C8H11IO2. The zero-order valence-electron chi connectivity index (χ0n) is 6.47. The number of ether oxygens (including phenoxy) is 2. The van der Waals surface area contributed by atoms with E-state index in [-0.39, 0.29) is 0 Å². The molecular weight excluding hydrogens is 255 g/mol. The quantitative estimate of drug-likeness (QED) is 0.678. The van der Waals surface area contributed by atoms with Crippen molar-refractivity contribution >= 4 is 22.6 Å². The van der Waals surface area contributed by atoms with Gasteiger partial charge in [0, 0.05) is 0 Å². The monoisotopic (exact) mass is 266 g/mol. The van der Waals surface area contributed by atoms with Gasteiger partial charge >= 0.3 is 0 Å². The first-order chi connectivity index (χ1) is 5.29. The molecule has 0 aromatic heterocycles. The van der Waals surface area contributed by atoms with Crippen molar-refractivity contribution in [3.05, 3.63) is 21.5 Å². The number of hydrogen-bond donors (Lipinski definition) is 0. The van der Waals surface area contributed by atoms with Crippen LogP contribution >= 0.6 is 22.6 Å². The first-order valence-electron chi connectivity index (χ1n) is 3.52. The number of halogens is 1. The average Bonchev–Trinajstić information content (AvgIpc) is 2.03. The van der Waals surface area contributed by atoms with Crippen LogP contribution in [0.5, 0.6) is 0 Å². The third-order valence-electron chi connectivity index (χ3n) is 1.26. The van der Waals surface area contributed by atoms with Crippen LogP contribution in [0.2, 0.25) is 0 Å². The molecule has 0 aromatic rings. The summed E-state index contributed by atoms with van der Waals surface area (Å²) in [6, 6.07) is 0. The van der Waals surface area contributed by atoms with Gasteiger partial charge in [0.2, 0.25) is 0 Å². The Bertz CT molecular complexity index is 173. The highest BCUT2D eigenvalue weighted by Gasteiger charge is 2.03. The maximum atomic E-state index is 5.32. The Balaban J connectivity index is 2.44. The van der Waals surface area contributed by atoms with E-state index in [0.717, 1.165) is 5.76 Å². The Morgan fingerprint density at radius 2 is 2.36 bits per heavy atom. The molecule has 0 atom stereocenters. The molecule has 0 aliphatic carbocycles. The molecule has 0 N–H and O–H groups in total. The summed E-state index contributed by atoms with van der Waals surface area (Å²) < 4.78 is 11.7. The van der Waals surface area contributed by atoms with Crippen LogP contribution in [-0.4, -0.2) is 19.8 Å². The van der Waals surface area contributed by atoms with Crippen LogP contribution in [0.1, 0.15) is 6.92 Å². The molecule has 3 heteroatoms. The van der Waals surface area contributed by atoms with Crippen LogP contribution in [0.25, 0.3) is 0 Å². The molecule has 0 aromatic carbocycles. The fourth-order valence-corrected chi connectivity index (χ4v) is 0.930. The van der Waals surface area contributed by atoms with Crippen LogP contribution in [0.15, 0.2) is 21.5 Å². The molecule has 0 radical (unpaired) electrons. The van der Waals surface area contributed by atoms with Gasteiger partial charge in [-0.15, -0.1) is 0 Å². The maximum Gasteiger partial charge on any atom is 0.122 e. The third kappa shape index (κ3) is 3.76. The Morgan fingerprint density at radius 1 is 1.55 bits per heavy atom. The predicted molar refractivity (Wildman–Crippen MR) is 52.6 cm³/mol. The van der Waals surface area contributed by atoms with E-state index in [1.54, 1.807) is 0 Å². The molecule has 1 saturated heterocycles. The van der Waals surface area contributed by atoms with Gasteiger partial charge in [-0.1, -0.05) is 0 Å². The summed E-state index contributed by atoms with van der Waals surface area (Å²) in [4.78, 5) is 0. The molecule has 0 spiro atoms.